The number of rotatable bonds is 8. The van der Waals surface area contributed by atoms with Crippen molar-refractivity contribution in [1.29, 1.82) is 0 Å². The quantitative estimate of drug-likeness (QED) is 0.413. The highest BCUT2D eigenvalue weighted by Gasteiger charge is 2.33. The van der Waals surface area contributed by atoms with Gasteiger partial charge < -0.3 is 14.6 Å². The zero-order valence-corrected chi connectivity index (χ0v) is 18.7. The number of aliphatic carboxylic acids is 1. The van der Waals surface area contributed by atoms with Crippen molar-refractivity contribution in [3.8, 4) is 11.5 Å². The maximum absolute atomic E-state index is 13.5. The minimum atomic E-state index is -0.959. The van der Waals surface area contributed by atoms with Crippen molar-refractivity contribution in [3.63, 3.8) is 0 Å². The summed E-state index contributed by atoms with van der Waals surface area (Å²) in [5.74, 6) is -1.05. The fourth-order valence-corrected chi connectivity index (χ4v) is 4.19. The monoisotopic (exact) mass is 481 g/mol. The molecule has 0 unspecified atom stereocenters. The lowest BCUT2D eigenvalue weighted by molar-refractivity contribution is -0.137. The Labute approximate surface area is 192 Å². The molecule has 1 aliphatic heterocycles. The standard InChI is InChI=1S/C21H17ClFNO5S2/c1-2-28-17-9-12(3-6-16(17)29-8-7-19(25)26)10-18-20(27)24(21(30)31-18)13-4-5-15(23)14(22)11-13/h3-6,9-11H,2,7-8H2,1H3,(H,25,26)/b18-10+. The Bertz CT molecular complexity index is 1080. The Morgan fingerprint density at radius 2 is 2.03 bits per heavy atom. The molecule has 0 saturated carbocycles. The van der Waals surface area contributed by atoms with Crippen LogP contribution in [-0.4, -0.2) is 34.5 Å². The number of carboxylic acid groups (broad SMARTS) is 1. The maximum Gasteiger partial charge on any atom is 0.306 e. The number of carbonyl (C=O) groups excluding carboxylic acids is 1. The Kier molecular flexibility index (Phi) is 7.53. The zero-order chi connectivity index (χ0) is 22.5. The molecule has 2 aromatic carbocycles. The molecule has 3 rings (SSSR count). The molecule has 1 amide bonds. The van der Waals surface area contributed by atoms with Crippen molar-refractivity contribution in [3.05, 3.63) is 57.7 Å². The SMILES string of the molecule is CCOc1cc(/C=C2/SC(=S)N(c3ccc(F)c(Cl)c3)C2=O)ccc1OCCC(=O)O. The Hall–Kier alpha value is -2.62. The van der Waals surface area contributed by atoms with Crippen molar-refractivity contribution in [2.75, 3.05) is 18.1 Å². The molecule has 0 atom stereocenters. The summed E-state index contributed by atoms with van der Waals surface area (Å²) in [6.45, 7) is 2.20. The molecule has 1 aliphatic rings. The average molecular weight is 482 g/mol. The third-order valence-electron chi connectivity index (χ3n) is 4.09. The zero-order valence-electron chi connectivity index (χ0n) is 16.3. The van der Waals surface area contributed by atoms with Gasteiger partial charge in [-0.2, -0.15) is 0 Å². The van der Waals surface area contributed by atoms with Crippen LogP contribution in [0.2, 0.25) is 5.02 Å². The van der Waals surface area contributed by atoms with Crippen LogP contribution in [0.3, 0.4) is 0 Å². The van der Waals surface area contributed by atoms with E-state index in [1.807, 2.05) is 6.92 Å². The van der Waals surface area contributed by atoms with E-state index >= 15 is 0 Å². The number of hydrogen-bond donors (Lipinski definition) is 1. The number of thiocarbonyl (C=S) groups is 1. The smallest absolute Gasteiger partial charge is 0.306 e. The number of halogens is 2. The third-order valence-corrected chi connectivity index (χ3v) is 5.69. The van der Waals surface area contributed by atoms with E-state index in [-0.39, 0.29) is 24.0 Å². The fraction of sp³-hybridized carbons (Fsp3) is 0.190. The predicted molar refractivity (Wildman–Crippen MR) is 122 cm³/mol. The van der Waals surface area contributed by atoms with E-state index in [9.17, 15) is 14.0 Å². The number of anilines is 1. The number of benzene rings is 2. The number of amides is 1. The van der Waals surface area contributed by atoms with Gasteiger partial charge in [0.2, 0.25) is 0 Å². The molecular weight excluding hydrogens is 465 g/mol. The average Bonchev–Trinajstić information content (AvgIpc) is 2.99. The summed E-state index contributed by atoms with van der Waals surface area (Å²) in [7, 11) is 0. The molecule has 2 aromatic rings. The van der Waals surface area contributed by atoms with Gasteiger partial charge in [-0.25, -0.2) is 4.39 Å². The van der Waals surface area contributed by atoms with Crippen LogP contribution in [0.1, 0.15) is 18.9 Å². The summed E-state index contributed by atoms with van der Waals surface area (Å²) >= 11 is 12.3. The number of carbonyl (C=O) groups is 2. The highest BCUT2D eigenvalue weighted by atomic mass is 35.5. The van der Waals surface area contributed by atoms with E-state index < -0.39 is 11.8 Å². The molecule has 6 nitrogen and oxygen atoms in total. The molecule has 1 saturated heterocycles. The summed E-state index contributed by atoms with van der Waals surface area (Å²) in [4.78, 5) is 25.3. The number of nitrogens with zero attached hydrogens (tertiary/aromatic N) is 1. The lowest BCUT2D eigenvalue weighted by Crippen LogP contribution is -2.27. The van der Waals surface area contributed by atoms with E-state index in [1.54, 1.807) is 24.3 Å². The van der Waals surface area contributed by atoms with E-state index in [2.05, 4.69) is 0 Å². The van der Waals surface area contributed by atoms with Gasteiger partial charge in [-0.15, -0.1) is 0 Å². The highest BCUT2D eigenvalue weighted by molar-refractivity contribution is 8.27. The first-order chi connectivity index (χ1) is 14.8. The van der Waals surface area contributed by atoms with Crippen LogP contribution in [0.25, 0.3) is 6.08 Å². The minimum Gasteiger partial charge on any atom is -0.490 e. The Balaban J connectivity index is 1.84. The number of thioether (sulfide) groups is 1. The van der Waals surface area contributed by atoms with Crippen LogP contribution in [-0.2, 0) is 9.59 Å². The van der Waals surface area contributed by atoms with Gasteiger partial charge >= 0.3 is 5.97 Å². The van der Waals surface area contributed by atoms with E-state index in [4.69, 9.17) is 38.4 Å². The van der Waals surface area contributed by atoms with Gasteiger partial charge in [0.25, 0.3) is 5.91 Å². The summed E-state index contributed by atoms with van der Waals surface area (Å²) < 4.78 is 24.8. The number of ether oxygens (including phenoxy) is 2. The second kappa shape index (κ2) is 10.1. The molecule has 0 bridgehead atoms. The van der Waals surface area contributed by atoms with Crippen molar-refractivity contribution in [2.45, 2.75) is 13.3 Å². The molecule has 1 N–H and O–H groups in total. The van der Waals surface area contributed by atoms with Crippen LogP contribution < -0.4 is 14.4 Å². The molecule has 0 spiro atoms. The second-order valence-corrected chi connectivity index (χ2v) is 8.33. The molecule has 1 heterocycles. The molecule has 1 fully saturated rings. The van der Waals surface area contributed by atoms with E-state index in [0.717, 1.165) is 11.8 Å². The van der Waals surface area contributed by atoms with Gasteiger partial charge in [-0.05, 0) is 48.9 Å². The molecular formula is C21H17ClFNO5S2. The maximum atomic E-state index is 13.5. The van der Waals surface area contributed by atoms with Crippen molar-refractivity contribution in [1.82, 2.24) is 0 Å². The Morgan fingerprint density at radius 1 is 1.26 bits per heavy atom. The highest BCUT2D eigenvalue weighted by Crippen LogP contribution is 2.38. The van der Waals surface area contributed by atoms with E-state index in [1.165, 1.54) is 23.1 Å². The van der Waals surface area contributed by atoms with Crippen LogP contribution in [0.4, 0.5) is 10.1 Å². The number of carboxylic acids is 1. The molecule has 162 valence electrons. The largest absolute Gasteiger partial charge is 0.490 e. The summed E-state index contributed by atoms with van der Waals surface area (Å²) in [6.07, 6.45) is 1.52. The van der Waals surface area contributed by atoms with Gasteiger partial charge in [-0.3, -0.25) is 14.5 Å². The summed E-state index contributed by atoms with van der Waals surface area (Å²) in [5.41, 5.74) is 1.06. The van der Waals surface area contributed by atoms with Crippen LogP contribution in [0.5, 0.6) is 11.5 Å². The molecule has 0 radical (unpaired) electrons. The van der Waals surface area contributed by atoms with Crippen molar-refractivity contribution >= 4 is 63.5 Å². The second-order valence-electron chi connectivity index (χ2n) is 6.25. The number of hydrogen-bond acceptors (Lipinski definition) is 6. The van der Waals surface area contributed by atoms with Crippen molar-refractivity contribution in [2.24, 2.45) is 0 Å². The minimum absolute atomic E-state index is 0.00758. The Morgan fingerprint density at radius 3 is 2.71 bits per heavy atom. The fourth-order valence-electron chi connectivity index (χ4n) is 2.72. The lowest BCUT2D eigenvalue weighted by Gasteiger charge is -2.15. The van der Waals surface area contributed by atoms with Crippen molar-refractivity contribution < 1.29 is 28.6 Å². The summed E-state index contributed by atoms with van der Waals surface area (Å²) in [5, 5.41) is 8.65. The lowest BCUT2D eigenvalue weighted by atomic mass is 10.1. The summed E-state index contributed by atoms with van der Waals surface area (Å²) in [6, 6.07) is 9.03. The van der Waals surface area contributed by atoms with E-state index in [0.29, 0.717) is 38.6 Å². The van der Waals surface area contributed by atoms with Gasteiger partial charge in [0.05, 0.1) is 35.2 Å². The third kappa shape index (κ3) is 5.55. The molecule has 0 aromatic heterocycles. The molecule has 31 heavy (non-hydrogen) atoms. The predicted octanol–water partition coefficient (Wildman–Crippen LogP) is 5.14. The van der Waals surface area contributed by atoms with Gasteiger partial charge in [0.1, 0.15) is 5.82 Å². The van der Waals surface area contributed by atoms with Crippen LogP contribution in [0, 0.1) is 5.82 Å². The molecule has 0 aliphatic carbocycles. The normalized spacial score (nSPS) is 14.9. The van der Waals surface area contributed by atoms with Crippen LogP contribution >= 0.6 is 35.6 Å². The van der Waals surface area contributed by atoms with Gasteiger partial charge in [0, 0.05) is 0 Å². The van der Waals surface area contributed by atoms with Gasteiger partial charge in [0.15, 0.2) is 15.8 Å². The first-order valence-corrected chi connectivity index (χ1v) is 10.7. The molecule has 10 heteroatoms. The first-order valence-electron chi connectivity index (χ1n) is 9.14. The topological polar surface area (TPSA) is 76.1 Å². The van der Waals surface area contributed by atoms with Crippen LogP contribution in [0.15, 0.2) is 41.3 Å². The van der Waals surface area contributed by atoms with Gasteiger partial charge in [-0.1, -0.05) is 41.6 Å². The first kappa shape index (κ1) is 23.1.